The second-order valence-corrected chi connectivity index (χ2v) is 5.36. The van der Waals surface area contributed by atoms with Crippen LogP contribution in [0.25, 0.3) is 16.8 Å². The summed E-state index contributed by atoms with van der Waals surface area (Å²) in [5, 5.41) is 0. The first-order valence-electron chi connectivity index (χ1n) is 7.33. The molecular weight excluding hydrogens is 333 g/mol. The maximum atomic E-state index is 12.3. The molecule has 25 heavy (non-hydrogen) atoms. The van der Waals surface area contributed by atoms with Gasteiger partial charge < -0.3 is 4.74 Å². The van der Waals surface area contributed by atoms with Crippen molar-refractivity contribution in [3.05, 3.63) is 77.0 Å². The van der Waals surface area contributed by atoms with Crippen LogP contribution in [0.3, 0.4) is 0 Å². The molecular formula is C18H13F3N2O2. The topological polar surface area (TPSA) is 44.1 Å². The van der Waals surface area contributed by atoms with Crippen LogP contribution in [-0.2, 0) is 0 Å². The van der Waals surface area contributed by atoms with Crippen molar-refractivity contribution < 1.29 is 17.9 Å². The predicted octanol–water partition coefficient (Wildman–Crippen LogP) is 4.11. The fraction of sp³-hybridized carbons (Fsp3) is 0.111. The molecule has 0 aliphatic carbocycles. The SMILES string of the molecule is Cc1cc(=O)n(-c2ccc(OC(F)(F)F)cc2)cc1-c1ccncc1. The molecule has 7 heteroatoms. The summed E-state index contributed by atoms with van der Waals surface area (Å²) in [5.41, 5.74) is 2.68. The highest BCUT2D eigenvalue weighted by Crippen LogP contribution is 2.25. The van der Waals surface area contributed by atoms with E-state index in [4.69, 9.17) is 0 Å². The summed E-state index contributed by atoms with van der Waals surface area (Å²) < 4.78 is 41.9. The van der Waals surface area contributed by atoms with Crippen LogP contribution in [-0.4, -0.2) is 15.9 Å². The summed E-state index contributed by atoms with van der Waals surface area (Å²) in [6.45, 7) is 1.82. The third kappa shape index (κ3) is 3.88. The molecule has 3 aromatic rings. The summed E-state index contributed by atoms with van der Waals surface area (Å²) in [5.74, 6) is -0.342. The van der Waals surface area contributed by atoms with Gasteiger partial charge in [-0.15, -0.1) is 13.2 Å². The molecule has 2 aromatic heterocycles. The lowest BCUT2D eigenvalue weighted by atomic mass is 10.0. The van der Waals surface area contributed by atoms with Crippen molar-refractivity contribution in [3.8, 4) is 22.6 Å². The molecule has 0 saturated carbocycles. The molecule has 0 aliphatic heterocycles. The van der Waals surface area contributed by atoms with Crippen LogP contribution in [0.15, 0.2) is 65.8 Å². The van der Waals surface area contributed by atoms with Crippen molar-refractivity contribution in [3.63, 3.8) is 0 Å². The molecule has 0 saturated heterocycles. The fourth-order valence-electron chi connectivity index (χ4n) is 2.47. The van der Waals surface area contributed by atoms with Crippen LogP contribution < -0.4 is 10.3 Å². The average molecular weight is 346 g/mol. The van der Waals surface area contributed by atoms with Crippen LogP contribution in [0.5, 0.6) is 5.75 Å². The molecule has 0 N–H and O–H groups in total. The number of ether oxygens (including phenoxy) is 1. The number of aromatic nitrogens is 2. The second kappa shape index (κ2) is 6.43. The lowest BCUT2D eigenvalue weighted by Gasteiger charge is -2.13. The van der Waals surface area contributed by atoms with E-state index in [2.05, 4.69) is 9.72 Å². The first-order chi connectivity index (χ1) is 11.8. The smallest absolute Gasteiger partial charge is 0.406 e. The Hall–Kier alpha value is -3.09. The van der Waals surface area contributed by atoms with Crippen LogP contribution in [0.1, 0.15) is 5.56 Å². The zero-order valence-corrected chi connectivity index (χ0v) is 13.1. The molecule has 0 aliphatic rings. The lowest BCUT2D eigenvalue weighted by molar-refractivity contribution is -0.274. The normalized spacial score (nSPS) is 11.4. The van der Waals surface area contributed by atoms with Crippen molar-refractivity contribution in [2.24, 2.45) is 0 Å². The Labute approximate surface area is 141 Å². The Morgan fingerprint density at radius 1 is 1.04 bits per heavy atom. The van der Waals surface area contributed by atoms with Crippen molar-refractivity contribution >= 4 is 0 Å². The van der Waals surface area contributed by atoms with Gasteiger partial charge in [-0.05, 0) is 54.4 Å². The van der Waals surface area contributed by atoms with E-state index in [-0.39, 0.29) is 11.3 Å². The molecule has 0 bridgehead atoms. The summed E-state index contributed by atoms with van der Waals surface area (Å²) >= 11 is 0. The predicted molar refractivity (Wildman–Crippen MR) is 86.7 cm³/mol. The fourth-order valence-corrected chi connectivity index (χ4v) is 2.47. The van der Waals surface area contributed by atoms with Crippen LogP contribution in [0.4, 0.5) is 13.2 Å². The number of pyridine rings is 2. The summed E-state index contributed by atoms with van der Waals surface area (Å²) in [6, 6.07) is 10.2. The Balaban J connectivity index is 2.01. The van der Waals surface area contributed by atoms with E-state index in [1.54, 1.807) is 18.6 Å². The van der Waals surface area contributed by atoms with E-state index in [1.165, 1.54) is 34.9 Å². The van der Waals surface area contributed by atoms with Gasteiger partial charge in [0.05, 0.1) is 0 Å². The number of rotatable bonds is 3. The van der Waals surface area contributed by atoms with E-state index in [9.17, 15) is 18.0 Å². The monoisotopic (exact) mass is 346 g/mol. The largest absolute Gasteiger partial charge is 0.573 e. The minimum absolute atomic E-state index is 0.278. The molecule has 0 atom stereocenters. The molecule has 3 rings (SSSR count). The zero-order valence-electron chi connectivity index (χ0n) is 13.1. The minimum Gasteiger partial charge on any atom is -0.406 e. The third-order valence-electron chi connectivity index (χ3n) is 3.60. The highest BCUT2D eigenvalue weighted by Gasteiger charge is 2.30. The lowest BCUT2D eigenvalue weighted by Crippen LogP contribution is -2.18. The number of nitrogens with zero attached hydrogens (tertiary/aromatic N) is 2. The van der Waals surface area contributed by atoms with Crippen molar-refractivity contribution in [1.29, 1.82) is 0 Å². The molecule has 0 radical (unpaired) electrons. The molecule has 0 unspecified atom stereocenters. The van der Waals surface area contributed by atoms with Gasteiger partial charge in [0.25, 0.3) is 5.56 Å². The van der Waals surface area contributed by atoms with Gasteiger partial charge in [-0.3, -0.25) is 14.3 Å². The Kier molecular flexibility index (Phi) is 4.31. The number of alkyl halides is 3. The van der Waals surface area contributed by atoms with Crippen molar-refractivity contribution in [2.45, 2.75) is 13.3 Å². The average Bonchev–Trinajstić information content (AvgIpc) is 2.55. The summed E-state index contributed by atoms with van der Waals surface area (Å²) in [6.07, 6.45) is 0.199. The molecule has 1 aromatic carbocycles. The summed E-state index contributed by atoms with van der Waals surface area (Å²) in [7, 11) is 0. The molecule has 0 spiro atoms. The standard InChI is InChI=1S/C18H13F3N2O2/c1-12-10-17(24)23(11-16(12)13-6-8-22-9-7-13)14-2-4-15(5-3-14)25-18(19,20)21/h2-11H,1H3. The number of benzene rings is 1. The van der Waals surface area contributed by atoms with E-state index in [0.29, 0.717) is 5.69 Å². The van der Waals surface area contributed by atoms with Gasteiger partial charge in [0.15, 0.2) is 0 Å². The molecule has 4 nitrogen and oxygen atoms in total. The van der Waals surface area contributed by atoms with Gasteiger partial charge >= 0.3 is 6.36 Å². The Morgan fingerprint density at radius 3 is 2.28 bits per heavy atom. The minimum atomic E-state index is -4.75. The van der Waals surface area contributed by atoms with Gasteiger partial charge in [-0.25, -0.2) is 0 Å². The Morgan fingerprint density at radius 2 is 1.68 bits per heavy atom. The van der Waals surface area contributed by atoms with Crippen LogP contribution in [0.2, 0.25) is 0 Å². The molecule has 128 valence electrons. The highest BCUT2D eigenvalue weighted by atomic mass is 19.4. The van der Waals surface area contributed by atoms with E-state index < -0.39 is 6.36 Å². The van der Waals surface area contributed by atoms with E-state index >= 15 is 0 Å². The van der Waals surface area contributed by atoms with Crippen molar-refractivity contribution in [2.75, 3.05) is 0 Å². The highest BCUT2D eigenvalue weighted by molar-refractivity contribution is 5.66. The number of hydrogen-bond donors (Lipinski definition) is 0. The maximum Gasteiger partial charge on any atom is 0.573 e. The van der Waals surface area contributed by atoms with Gasteiger partial charge in [-0.2, -0.15) is 0 Å². The van der Waals surface area contributed by atoms with Crippen LogP contribution >= 0.6 is 0 Å². The van der Waals surface area contributed by atoms with E-state index in [0.717, 1.165) is 16.7 Å². The zero-order chi connectivity index (χ0) is 18.0. The van der Waals surface area contributed by atoms with Gasteiger partial charge in [0, 0.05) is 35.9 Å². The summed E-state index contributed by atoms with van der Waals surface area (Å²) in [4.78, 5) is 16.2. The molecule has 0 fully saturated rings. The van der Waals surface area contributed by atoms with Gasteiger partial charge in [-0.1, -0.05) is 0 Å². The first kappa shape index (κ1) is 16.8. The molecule has 2 heterocycles. The third-order valence-corrected chi connectivity index (χ3v) is 3.60. The van der Waals surface area contributed by atoms with Crippen LogP contribution in [0, 0.1) is 6.92 Å². The Bertz CT molecular complexity index is 933. The number of halogens is 3. The quantitative estimate of drug-likeness (QED) is 0.717. The second-order valence-electron chi connectivity index (χ2n) is 5.36. The van der Waals surface area contributed by atoms with Gasteiger partial charge in [0.1, 0.15) is 5.75 Å². The van der Waals surface area contributed by atoms with E-state index in [1.807, 2.05) is 19.1 Å². The molecule has 0 amide bonds. The number of aryl methyl sites for hydroxylation is 1. The first-order valence-corrected chi connectivity index (χ1v) is 7.33. The number of hydrogen-bond acceptors (Lipinski definition) is 3. The van der Waals surface area contributed by atoms with Crippen molar-refractivity contribution in [1.82, 2.24) is 9.55 Å². The maximum absolute atomic E-state index is 12.3. The van der Waals surface area contributed by atoms with Gasteiger partial charge in [0.2, 0.25) is 0 Å².